The molecule has 1 aromatic heterocycles. The number of hydrogen-bond acceptors (Lipinski definition) is 6. The highest BCUT2D eigenvalue weighted by Gasteiger charge is 2.15. The molecule has 1 heterocycles. The van der Waals surface area contributed by atoms with Crippen LogP contribution in [0.1, 0.15) is 24.0 Å². The molecule has 0 aliphatic carbocycles. The van der Waals surface area contributed by atoms with Gasteiger partial charge in [-0.1, -0.05) is 0 Å². The van der Waals surface area contributed by atoms with E-state index >= 15 is 0 Å². The smallest absolute Gasteiger partial charge is 0.340 e. The molecule has 0 saturated heterocycles. The summed E-state index contributed by atoms with van der Waals surface area (Å²) in [5, 5.41) is 13.6. The summed E-state index contributed by atoms with van der Waals surface area (Å²) in [6.07, 6.45) is 0.0277. The average molecular weight is 332 g/mol. The Hall–Kier alpha value is -2.83. The van der Waals surface area contributed by atoms with Gasteiger partial charge >= 0.3 is 5.63 Å². The maximum absolute atomic E-state index is 12.1. The second-order valence-electron chi connectivity index (χ2n) is 5.36. The molecule has 0 fully saturated rings. The number of methoxy groups -OCH3 is 1. The molecule has 0 unspecified atom stereocenters. The molecule has 1 amide bonds. The van der Waals surface area contributed by atoms with Gasteiger partial charge in [0.05, 0.1) is 19.1 Å². The summed E-state index contributed by atoms with van der Waals surface area (Å²) < 4.78 is 10.4. The maximum atomic E-state index is 12.1. The number of ether oxygens (including phenoxy) is 1. The Kier molecular flexibility index (Phi) is 5.57. The fourth-order valence-corrected chi connectivity index (χ4v) is 2.39. The molecule has 7 heteroatoms. The number of aryl methyl sites for hydroxylation is 1. The standard InChI is InChI=1S/C17H19NO6/c1-10-12-6-5-11(23-2)8-14(12)24-17(22)13(10)9-15(19)18-7-3-4-16(20)21/h5-6,8H,3-4,7,9H2,1-2H3,(H,18,19)(H,20,21)/p-1. The summed E-state index contributed by atoms with van der Waals surface area (Å²) in [6.45, 7) is 1.96. The minimum atomic E-state index is -1.16. The molecule has 0 aliphatic heterocycles. The molecule has 1 N–H and O–H groups in total. The number of aliphatic carboxylic acids is 1. The summed E-state index contributed by atoms with van der Waals surface area (Å²) >= 11 is 0. The summed E-state index contributed by atoms with van der Waals surface area (Å²) in [4.78, 5) is 34.4. The Bertz CT molecular complexity index is 824. The lowest BCUT2D eigenvalue weighted by atomic mass is 10.0. The first kappa shape index (κ1) is 17.5. The Labute approximate surface area is 138 Å². The average Bonchev–Trinajstić information content (AvgIpc) is 2.54. The molecule has 0 aliphatic rings. The lowest BCUT2D eigenvalue weighted by Crippen LogP contribution is -2.30. The van der Waals surface area contributed by atoms with Crippen LogP contribution in [0, 0.1) is 6.92 Å². The molecule has 128 valence electrons. The van der Waals surface area contributed by atoms with E-state index in [2.05, 4.69) is 5.32 Å². The van der Waals surface area contributed by atoms with Crippen molar-refractivity contribution in [2.45, 2.75) is 26.2 Å². The van der Waals surface area contributed by atoms with Crippen LogP contribution in [0.15, 0.2) is 27.4 Å². The van der Waals surface area contributed by atoms with Gasteiger partial charge in [0.2, 0.25) is 5.91 Å². The fourth-order valence-electron chi connectivity index (χ4n) is 2.39. The van der Waals surface area contributed by atoms with Crippen molar-refractivity contribution in [2.24, 2.45) is 0 Å². The van der Waals surface area contributed by atoms with Crippen LogP contribution in [0.5, 0.6) is 5.75 Å². The van der Waals surface area contributed by atoms with Gasteiger partial charge in [0.1, 0.15) is 11.3 Å². The lowest BCUT2D eigenvalue weighted by molar-refractivity contribution is -0.305. The van der Waals surface area contributed by atoms with Crippen molar-refractivity contribution in [2.75, 3.05) is 13.7 Å². The number of amides is 1. The molecule has 0 spiro atoms. The third-order valence-corrected chi connectivity index (χ3v) is 3.71. The highest BCUT2D eigenvalue weighted by Crippen LogP contribution is 2.24. The summed E-state index contributed by atoms with van der Waals surface area (Å²) in [7, 11) is 1.52. The normalized spacial score (nSPS) is 10.6. The maximum Gasteiger partial charge on any atom is 0.340 e. The van der Waals surface area contributed by atoms with Gasteiger partial charge in [-0.3, -0.25) is 4.79 Å². The van der Waals surface area contributed by atoms with Crippen LogP contribution < -0.4 is 20.8 Å². The van der Waals surface area contributed by atoms with E-state index in [0.29, 0.717) is 16.9 Å². The van der Waals surface area contributed by atoms with E-state index in [9.17, 15) is 19.5 Å². The molecule has 1 aromatic carbocycles. The number of carbonyl (C=O) groups is 2. The van der Waals surface area contributed by atoms with Crippen LogP contribution in [0.3, 0.4) is 0 Å². The van der Waals surface area contributed by atoms with Crippen LogP contribution in [-0.2, 0) is 16.0 Å². The van der Waals surface area contributed by atoms with Crippen molar-refractivity contribution in [3.05, 3.63) is 39.7 Å². The van der Waals surface area contributed by atoms with Crippen LogP contribution in [0.25, 0.3) is 11.0 Å². The zero-order valence-electron chi connectivity index (χ0n) is 13.5. The Balaban J connectivity index is 2.15. The first-order chi connectivity index (χ1) is 11.4. The second kappa shape index (κ2) is 7.63. The molecular formula is C17H18NO6-. The van der Waals surface area contributed by atoms with Crippen LogP contribution in [0.4, 0.5) is 0 Å². The lowest BCUT2D eigenvalue weighted by Gasteiger charge is -2.09. The van der Waals surface area contributed by atoms with E-state index in [1.807, 2.05) is 0 Å². The SMILES string of the molecule is COc1ccc2c(C)c(CC(=O)NCCCC(=O)[O-])c(=O)oc2c1. The van der Waals surface area contributed by atoms with Crippen LogP contribution in [-0.4, -0.2) is 25.5 Å². The largest absolute Gasteiger partial charge is 0.550 e. The van der Waals surface area contributed by atoms with E-state index in [4.69, 9.17) is 9.15 Å². The third-order valence-electron chi connectivity index (χ3n) is 3.71. The van der Waals surface area contributed by atoms with Crippen molar-refractivity contribution in [3.8, 4) is 5.75 Å². The van der Waals surface area contributed by atoms with Crippen molar-refractivity contribution >= 4 is 22.8 Å². The molecule has 7 nitrogen and oxygen atoms in total. The van der Waals surface area contributed by atoms with E-state index in [-0.39, 0.29) is 37.3 Å². The quantitative estimate of drug-likeness (QED) is 0.577. The monoisotopic (exact) mass is 332 g/mol. The van der Waals surface area contributed by atoms with E-state index in [1.54, 1.807) is 25.1 Å². The number of fused-ring (bicyclic) bond motifs is 1. The zero-order chi connectivity index (χ0) is 17.7. The van der Waals surface area contributed by atoms with E-state index < -0.39 is 11.6 Å². The number of hydrogen-bond donors (Lipinski definition) is 1. The highest BCUT2D eigenvalue weighted by atomic mass is 16.5. The first-order valence-corrected chi connectivity index (χ1v) is 7.49. The van der Waals surface area contributed by atoms with Crippen LogP contribution in [0.2, 0.25) is 0 Å². The van der Waals surface area contributed by atoms with Gasteiger partial charge in [-0.05, 0) is 37.5 Å². The molecule has 0 saturated carbocycles. The Morgan fingerprint density at radius 3 is 2.75 bits per heavy atom. The van der Waals surface area contributed by atoms with Crippen molar-refractivity contribution in [1.82, 2.24) is 5.32 Å². The second-order valence-corrected chi connectivity index (χ2v) is 5.36. The molecule has 24 heavy (non-hydrogen) atoms. The third kappa shape index (κ3) is 4.13. The topological polar surface area (TPSA) is 109 Å². The highest BCUT2D eigenvalue weighted by molar-refractivity contribution is 5.85. The predicted molar refractivity (Wildman–Crippen MR) is 84.7 cm³/mol. The van der Waals surface area contributed by atoms with Crippen molar-refractivity contribution in [1.29, 1.82) is 0 Å². The number of nitrogens with one attached hydrogen (secondary N) is 1. The summed E-state index contributed by atoms with van der Waals surface area (Å²) in [5.74, 6) is -0.953. The molecule has 0 atom stereocenters. The Morgan fingerprint density at radius 2 is 2.08 bits per heavy atom. The van der Waals surface area contributed by atoms with Crippen molar-refractivity contribution in [3.63, 3.8) is 0 Å². The van der Waals surface area contributed by atoms with Gasteiger partial charge in [0.15, 0.2) is 0 Å². The Morgan fingerprint density at radius 1 is 1.33 bits per heavy atom. The van der Waals surface area contributed by atoms with Gasteiger partial charge in [-0.2, -0.15) is 0 Å². The predicted octanol–water partition coefficient (Wildman–Crippen LogP) is 0.299. The minimum absolute atomic E-state index is 0.124. The number of rotatable bonds is 7. The van der Waals surface area contributed by atoms with E-state index in [0.717, 1.165) is 5.39 Å². The molecule has 2 rings (SSSR count). The number of carboxylic acid groups (broad SMARTS) is 1. The fraction of sp³-hybridized carbons (Fsp3) is 0.353. The van der Waals surface area contributed by atoms with Crippen LogP contribution >= 0.6 is 0 Å². The summed E-state index contributed by atoms with van der Waals surface area (Å²) in [6, 6.07) is 5.14. The first-order valence-electron chi connectivity index (χ1n) is 7.49. The number of carboxylic acids is 1. The van der Waals surface area contributed by atoms with Gasteiger partial charge in [-0.25, -0.2) is 4.79 Å². The van der Waals surface area contributed by atoms with E-state index in [1.165, 1.54) is 7.11 Å². The molecule has 0 bridgehead atoms. The van der Waals surface area contributed by atoms with Crippen molar-refractivity contribution < 1.29 is 23.8 Å². The van der Waals surface area contributed by atoms with Gasteiger partial charge in [0.25, 0.3) is 0 Å². The van der Waals surface area contributed by atoms with Gasteiger partial charge in [0, 0.05) is 24.0 Å². The minimum Gasteiger partial charge on any atom is -0.550 e. The molecule has 0 radical (unpaired) electrons. The summed E-state index contributed by atoms with van der Waals surface area (Å²) in [5.41, 5.74) is 0.784. The van der Waals surface area contributed by atoms with Gasteiger partial charge in [-0.15, -0.1) is 0 Å². The molecular weight excluding hydrogens is 314 g/mol. The molecule has 2 aromatic rings. The number of carbonyl (C=O) groups excluding carboxylic acids is 2. The zero-order valence-corrected chi connectivity index (χ0v) is 13.5. The number of benzene rings is 1. The van der Waals surface area contributed by atoms with Gasteiger partial charge < -0.3 is 24.4 Å².